The fraction of sp³-hybridized carbons (Fsp3) is 0.550. The molecule has 1 aromatic rings. The van der Waals surface area contributed by atoms with Crippen molar-refractivity contribution in [3.8, 4) is 0 Å². The number of rotatable bonds is 2. The van der Waals surface area contributed by atoms with Crippen LogP contribution in [0.15, 0.2) is 18.2 Å². The summed E-state index contributed by atoms with van der Waals surface area (Å²) in [6, 6.07) is 3.98. The number of fused-ring (bicyclic) bond motifs is 7. The monoisotopic (exact) mass is 372 g/mol. The Balaban J connectivity index is 1.74. The van der Waals surface area contributed by atoms with E-state index in [1.54, 1.807) is 6.07 Å². The van der Waals surface area contributed by atoms with Gasteiger partial charge in [0, 0.05) is 24.4 Å². The second-order valence-electron chi connectivity index (χ2n) is 8.28. The zero-order valence-corrected chi connectivity index (χ0v) is 15.4. The van der Waals surface area contributed by atoms with E-state index in [-0.39, 0.29) is 29.8 Å². The van der Waals surface area contributed by atoms with E-state index in [4.69, 9.17) is 0 Å². The summed E-state index contributed by atoms with van der Waals surface area (Å²) in [7, 11) is 0. The molecule has 142 valence electrons. The normalized spacial score (nSPS) is 37.6. The molecule has 3 saturated heterocycles. The lowest BCUT2D eigenvalue weighted by molar-refractivity contribution is -0.948. The molecule has 4 aliphatic heterocycles. The highest BCUT2D eigenvalue weighted by Crippen LogP contribution is 2.52. The van der Waals surface area contributed by atoms with Gasteiger partial charge in [0.1, 0.15) is 23.7 Å². The van der Waals surface area contributed by atoms with Crippen molar-refractivity contribution in [2.45, 2.75) is 50.7 Å². The summed E-state index contributed by atoms with van der Waals surface area (Å²) in [5.74, 6) is -2.37. The third kappa shape index (κ3) is 1.81. The molecule has 6 nitrogen and oxygen atoms in total. The highest BCUT2D eigenvalue weighted by Gasteiger charge is 2.78. The molecule has 3 fully saturated rings. The summed E-state index contributed by atoms with van der Waals surface area (Å²) in [6.07, 6.45) is 2.37. The summed E-state index contributed by atoms with van der Waals surface area (Å²) in [5.41, 5.74) is -0.102. The second kappa shape index (κ2) is 5.38. The lowest BCUT2D eigenvalue weighted by atomic mass is 9.75. The van der Waals surface area contributed by atoms with Crippen LogP contribution in [0.1, 0.15) is 38.7 Å². The van der Waals surface area contributed by atoms with E-state index in [1.165, 1.54) is 17.0 Å². The molecule has 0 bridgehead atoms. The standard InChI is InChI=1S/C20H22FN3O3/c1-3-10(2)24-17(25)15-14-5-4-8-23(14)20(16(15)18(24)26)12-9-11(21)6-7-13(12)22-19(20)27/h6-7,9-10,14-16H,3-5,8H2,1-2H3,(H,22,27)/p+1/t10-,14+,15+,16-,20+/m0/s1. The van der Waals surface area contributed by atoms with E-state index in [9.17, 15) is 18.8 Å². The first kappa shape index (κ1) is 16.9. The fourth-order valence-electron chi connectivity index (χ4n) is 6.07. The number of imide groups is 1. The predicted molar refractivity (Wildman–Crippen MR) is 94.1 cm³/mol. The average Bonchev–Trinajstić information content (AvgIpc) is 3.33. The van der Waals surface area contributed by atoms with Gasteiger partial charge in [0.05, 0.1) is 12.2 Å². The van der Waals surface area contributed by atoms with Crippen LogP contribution in [0.5, 0.6) is 0 Å². The number of carbonyl (C=O) groups excluding carboxylic acids is 3. The minimum atomic E-state index is -1.20. The van der Waals surface area contributed by atoms with Crippen LogP contribution >= 0.6 is 0 Å². The molecule has 6 atom stereocenters. The van der Waals surface area contributed by atoms with Gasteiger partial charge in [-0.3, -0.25) is 19.3 Å². The van der Waals surface area contributed by atoms with Crippen LogP contribution in [0, 0.1) is 17.7 Å². The maximum atomic E-state index is 14.1. The summed E-state index contributed by atoms with van der Waals surface area (Å²) >= 11 is 0. The third-order valence-corrected chi connectivity index (χ3v) is 7.24. The number of nitrogens with one attached hydrogen (secondary N) is 2. The van der Waals surface area contributed by atoms with Gasteiger partial charge >= 0.3 is 0 Å². The van der Waals surface area contributed by atoms with Crippen LogP contribution in [-0.2, 0) is 19.9 Å². The minimum absolute atomic E-state index is 0.0690. The maximum absolute atomic E-state index is 14.1. The van der Waals surface area contributed by atoms with Crippen LogP contribution < -0.4 is 10.2 Å². The van der Waals surface area contributed by atoms with Gasteiger partial charge < -0.3 is 10.2 Å². The van der Waals surface area contributed by atoms with E-state index in [1.807, 2.05) is 13.8 Å². The van der Waals surface area contributed by atoms with Gasteiger partial charge in [0.25, 0.3) is 5.91 Å². The van der Waals surface area contributed by atoms with Gasteiger partial charge in [-0.1, -0.05) is 6.92 Å². The van der Waals surface area contributed by atoms with Crippen molar-refractivity contribution in [1.29, 1.82) is 0 Å². The molecule has 1 unspecified atom stereocenters. The van der Waals surface area contributed by atoms with E-state index >= 15 is 0 Å². The van der Waals surface area contributed by atoms with Crippen LogP contribution in [0.4, 0.5) is 10.1 Å². The Morgan fingerprint density at radius 1 is 1.33 bits per heavy atom. The Kier molecular flexibility index (Phi) is 3.36. The molecule has 4 heterocycles. The van der Waals surface area contributed by atoms with Crippen LogP contribution in [0.3, 0.4) is 0 Å². The topological polar surface area (TPSA) is 70.9 Å². The lowest BCUT2D eigenvalue weighted by Crippen LogP contribution is -3.19. The summed E-state index contributed by atoms with van der Waals surface area (Å²) in [6.45, 7) is 4.52. The van der Waals surface area contributed by atoms with Crippen molar-refractivity contribution in [2.75, 3.05) is 11.9 Å². The van der Waals surface area contributed by atoms with E-state index < -0.39 is 23.2 Å². The Morgan fingerprint density at radius 2 is 2.11 bits per heavy atom. The zero-order chi connectivity index (χ0) is 19.1. The predicted octanol–water partition coefficient (Wildman–Crippen LogP) is 0.434. The number of quaternary nitrogens is 1. The summed E-state index contributed by atoms with van der Waals surface area (Å²) in [5, 5.41) is 2.87. The van der Waals surface area contributed by atoms with Gasteiger partial charge in [-0.25, -0.2) is 4.39 Å². The van der Waals surface area contributed by atoms with E-state index in [2.05, 4.69) is 5.32 Å². The molecule has 0 aliphatic carbocycles. The first-order valence-corrected chi connectivity index (χ1v) is 9.77. The van der Waals surface area contributed by atoms with E-state index in [0.717, 1.165) is 17.7 Å². The molecule has 0 saturated carbocycles. The number of halogens is 1. The molecule has 3 amide bonds. The van der Waals surface area contributed by atoms with Gasteiger partial charge in [0.15, 0.2) is 0 Å². The van der Waals surface area contributed by atoms with Crippen molar-refractivity contribution >= 4 is 23.4 Å². The van der Waals surface area contributed by atoms with Gasteiger partial charge in [-0.2, -0.15) is 0 Å². The maximum Gasteiger partial charge on any atom is 0.291 e. The molecular formula is C20H23FN3O3+. The van der Waals surface area contributed by atoms with Crippen molar-refractivity contribution in [3.63, 3.8) is 0 Å². The molecule has 7 heteroatoms. The van der Waals surface area contributed by atoms with Crippen molar-refractivity contribution in [2.24, 2.45) is 11.8 Å². The minimum Gasteiger partial charge on any atom is -0.320 e. The Morgan fingerprint density at radius 3 is 2.85 bits per heavy atom. The fourth-order valence-corrected chi connectivity index (χ4v) is 6.07. The second-order valence-corrected chi connectivity index (χ2v) is 8.28. The number of hydrogen-bond donors (Lipinski definition) is 2. The van der Waals surface area contributed by atoms with Crippen LogP contribution in [0.2, 0.25) is 0 Å². The summed E-state index contributed by atoms with van der Waals surface area (Å²) in [4.78, 5) is 42.3. The molecule has 1 spiro atoms. The number of amides is 3. The largest absolute Gasteiger partial charge is 0.320 e. The number of anilines is 1. The lowest BCUT2D eigenvalue weighted by Gasteiger charge is -2.34. The number of likely N-dealkylation sites (tertiary alicyclic amines) is 1. The van der Waals surface area contributed by atoms with Crippen molar-refractivity contribution < 1.29 is 23.7 Å². The van der Waals surface area contributed by atoms with Crippen molar-refractivity contribution in [1.82, 2.24) is 4.90 Å². The molecule has 5 rings (SSSR count). The smallest absolute Gasteiger partial charge is 0.291 e. The Hall–Kier alpha value is -2.28. The number of carbonyl (C=O) groups is 3. The van der Waals surface area contributed by atoms with E-state index in [0.29, 0.717) is 24.2 Å². The molecular weight excluding hydrogens is 349 g/mol. The van der Waals surface area contributed by atoms with Crippen LogP contribution in [0.25, 0.3) is 0 Å². The number of nitrogens with zero attached hydrogens (tertiary/aromatic N) is 1. The SMILES string of the molecule is CC[C@H](C)N1C(=O)[C@@H]2[C@H]3CCC[NH+]3[C@@]3(C(=O)Nc4ccc(F)cc43)[C@@H]2C1=O. The van der Waals surface area contributed by atoms with Crippen molar-refractivity contribution in [3.05, 3.63) is 29.6 Å². The van der Waals surface area contributed by atoms with Gasteiger partial charge in [-0.05, 0) is 31.5 Å². The molecule has 0 radical (unpaired) electrons. The Labute approximate surface area is 156 Å². The Bertz CT molecular complexity index is 887. The highest BCUT2D eigenvalue weighted by atomic mass is 19.1. The summed E-state index contributed by atoms with van der Waals surface area (Å²) < 4.78 is 14.1. The first-order valence-electron chi connectivity index (χ1n) is 9.77. The third-order valence-electron chi connectivity index (χ3n) is 7.24. The molecule has 27 heavy (non-hydrogen) atoms. The van der Waals surface area contributed by atoms with Crippen LogP contribution in [-0.4, -0.2) is 41.2 Å². The number of hydrogen-bond acceptors (Lipinski definition) is 3. The molecule has 1 aromatic carbocycles. The quantitative estimate of drug-likeness (QED) is 0.740. The molecule has 2 N–H and O–H groups in total. The molecule has 4 aliphatic rings. The number of benzene rings is 1. The first-order chi connectivity index (χ1) is 12.9. The highest BCUT2D eigenvalue weighted by molar-refractivity contribution is 6.14. The molecule has 0 aromatic heterocycles. The van der Waals surface area contributed by atoms with Gasteiger partial charge in [0.2, 0.25) is 17.4 Å². The average molecular weight is 372 g/mol. The zero-order valence-electron chi connectivity index (χ0n) is 15.4. The van der Waals surface area contributed by atoms with Gasteiger partial charge in [-0.15, -0.1) is 0 Å².